The van der Waals surface area contributed by atoms with Crippen LogP contribution in [0.4, 0.5) is 10.5 Å². The molecular formula is C21H17BrN2O6S. The second kappa shape index (κ2) is 10.3. The third-order valence-corrected chi connectivity index (χ3v) is 5.59. The Labute approximate surface area is 190 Å². The highest BCUT2D eigenvalue weighted by Gasteiger charge is 2.36. The van der Waals surface area contributed by atoms with Crippen LogP contribution in [0.15, 0.2) is 57.9 Å². The third kappa shape index (κ3) is 5.96. The topological polar surface area (TPSA) is 102 Å². The van der Waals surface area contributed by atoms with E-state index in [0.29, 0.717) is 21.5 Å². The SMILES string of the molecule is COC(=O)COc1ccc(/C=C2/SC(=O)N(CC(=O)Nc3ccccc3)C2=O)cc1Br. The van der Waals surface area contributed by atoms with Crippen molar-refractivity contribution in [3.63, 3.8) is 0 Å². The first-order valence-corrected chi connectivity index (χ1v) is 10.6. The van der Waals surface area contributed by atoms with E-state index >= 15 is 0 Å². The number of nitrogens with one attached hydrogen (secondary N) is 1. The van der Waals surface area contributed by atoms with Crippen molar-refractivity contribution >= 4 is 62.5 Å². The van der Waals surface area contributed by atoms with Gasteiger partial charge in [-0.1, -0.05) is 24.3 Å². The number of halogens is 1. The van der Waals surface area contributed by atoms with E-state index in [9.17, 15) is 19.2 Å². The van der Waals surface area contributed by atoms with Crippen LogP contribution < -0.4 is 10.1 Å². The van der Waals surface area contributed by atoms with Gasteiger partial charge in [0.1, 0.15) is 12.3 Å². The summed E-state index contributed by atoms with van der Waals surface area (Å²) in [5.74, 6) is -1.10. The number of imide groups is 1. The fraction of sp³-hybridized carbons (Fsp3) is 0.143. The molecule has 31 heavy (non-hydrogen) atoms. The van der Waals surface area contributed by atoms with Gasteiger partial charge in [0.25, 0.3) is 11.1 Å². The molecule has 3 rings (SSSR count). The van der Waals surface area contributed by atoms with Crippen molar-refractivity contribution in [3.05, 3.63) is 63.5 Å². The minimum absolute atomic E-state index is 0.202. The molecule has 0 radical (unpaired) electrons. The molecule has 0 atom stereocenters. The summed E-state index contributed by atoms with van der Waals surface area (Å²) in [5, 5.41) is 2.13. The maximum Gasteiger partial charge on any atom is 0.343 e. The number of ether oxygens (including phenoxy) is 2. The predicted molar refractivity (Wildman–Crippen MR) is 119 cm³/mol. The lowest BCUT2D eigenvalue weighted by Gasteiger charge is -2.12. The molecular weight excluding hydrogens is 488 g/mol. The molecule has 0 unspecified atom stereocenters. The zero-order valence-corrected chi connectivity index (χ0v) is 18.7. The van der Waals surface area contributed by atoms with Crippen LogP contribution in [-0.2, 0) is 19.1 Å². The number of hydrogen-bond acceptors (Lipinski definition) is 7. The zero-order chi connectivity index (χ0) is 22.4. The van der Waals surface area contributed by atoms with E-state index in [4.69, 9.17) is 4.74 Å². The van der Waals surface area contributed by atoms with Crippen molar-refractivity contribution in [1.82, 2.24) is 4.90 Å². The molecule has 1 N–H and O–H groups in total. The number of para-hydroxylation sites is 1. The average molecular weight is 505 g/mol. The number of methoxy groups -OCH3 is 1. The van der Waals surface area contributed by atoms with Crippen molar-refractivity contribution in [1.29, 1.82) is 0 Å². The number of carbonyl (C=O) groups is 4. The molecule has 2 aromatic carbocycles. The van der Waals surface area contributed by atoms with Crippen molar-refractivity contribution in [2.75, 3.05) is 25.6 Å². The molecule has 0 aliphatic carbocycles. The summed E-state index contributed by atoms with van der Waals surface area (Å²) in [4.78, 5) is 49.4. The fourth-order valence-electron chi connectivity index (χ4n) is 2.57. The highest BCUT2D eigenvalue weighted by atomic mass is 79.9. The van der Waals surface area contributed by atoms with Crippen LogP contribution in [0.5, 0.6) is 5.75 Å². The average Bonchev–Trinajstić information content (AvgIpc) is 3.01. The van der Waals surface area contributed by atoms with Crippen LogP contribution in [0.25, 0.3) is 6.08 Å². The lowest BCUT2D eigenvalue weighted by atomic mass is 10.2. The fourth-order valence-corrected chi connectivity index (χ4v) is 3.92. The third-order valence-electron chi connectivity index (χ3n) is 4.06. The molecule has 1 saturated heterocycles. The normalized spacial score (nSPS) is 14.6. The summed E-state index contributed by atoms with van der Waals surface area (Å²) in [6.45, 7) is -0.612. The van der Waals surface area contributed by atoms with Crippen LogP contribution in [0, 0.1) is 0 Å². The first-order valence-electron chi connectivity index (χ1n) is 8.97. The number of esters is 1. The second-order valence-electron chi connectivity index (χ2n) is 6.24. The van der Waals surface area contributed by atoms with Crippen molar-refractivity contribution in [3.8, 4) is 5.75 Å². The van der Waals surface area contributed by atoms with Crippen LogP contribution in [0.1, 0.15) is 5.56 Å². The van der Waals surface area contributed by atoms with Crippen LogP contribution in [0.2, 0.25) is 0 Å². The molecule has 3 amide bonds. The Kier molecular flexibility index (Phi) is 7.48. The molecule has 1 aliphatic rings. The van der Waals surface area contributed by atoms with Gasteiger partial charge in [0.15, 0.2) is 6.61 Å². The number of anilines is 1. The largest absolute Gasteiger partial charge is 0.481 e. The maximum absolute atomic E-state index is 12.6. The minimum atomic E-state index is -0.541. The summed E-state index contributed by atoms with van der Waals surface area (Å²) in [6.07, 6.45) is 1.55. The number of thioether (sulfide) groups is 1. The van der Waals surface area contributed by atoms with E-state index in [1.54, 1.807) is 48.5 Å². The van der Waals surface area contributed by atoms with Crippen molar-refractivity contribution in [2.24, 2.45) is 0 Å². The highest BCUT2D eigenvalue weighted by molar-refractivity contribution is 9.10. The summed E-state index contributed by atoms with van der Waals surface area (Å²) >= 11 is 4.11. The Morgan fingerprint density at radius 3 is 2.58 bits per heavy atom. The Morgan fingerprint density at radius 1 is 1.16 bits per heavy atom. The smallest absolute Gasteiger partial charge is 0.343 e. The quantitative estimate of drug-likeness (QED) is 0.453. The van der Waals surface area contributed by atoms with E-state index in [0.717, 1.165) is 16.7 Å². The number of carbonyl (C=O) groups excluding carboxylic acids is 4. The summed E-state index contributed by atoms with van der Waals surface area (Å²) in [5.41, 5.74) is 1.21. The van der Waals surface area contributed by atoms with Gasteiger partial charge < -0.3 is 14.8 Å². The monoisotopic (exact) mass is 504 g/mol. The van der Waals surface area contributed by atoms with E-state index in [1.807, 2.05) is 6.07 Å². The van der Waals surface area contributed by atoms with Gasteiger partial charge in [-0.25, -0.2) is 4.79 Å². The number of amides is 3. The number of nitrogens with zero attached hydrogens (tertiary/aromatic N) is 1. The Morgan fingerprint density at radius 2 is 1.90 bits per heavy atom. The maximum atomic E-state index is 12.6. The lowest BCUT2D eigenvalue weighted by molar-refractivity contribution is -0.142. The first kappa shape index (κ1) is 22.6. The summed E-state index contributed by atoms with van der Waals surface area (Å²) < 4.78 is 10.4. The molecule has 0 bridgehead atoms. The summed E-state index contributed by atoms with van der Waals surface area (Å²) in [6, 6.07) is 13.7. The predicted octanol–water partition coefficient (Wildman–Crippen LogP) is 3.68. The molecule has 1 heterocycles. The highest BCUT2D eigenvalue weighted by Crippen LogP contribution is 2.33. The molecule has 8 nitrogen and oxygen atoms in total. The molecule has 0 spiro atoms. The number of hydrogen-bond donors (Lipinski definition) is 1. The van der Waals surface area contributed by atoms with Gasteiger partial charge in [-0.2, -0.15) is 0 Å². The molecule has 1 aliphatic heterocycles. The van der Waals surface area contributed by atoms with Gasteiger partial charge in [-0.3, -0.25) is 19.3 Å². The Bertz CT molecular complexity index is 1060. The standard InChI is InChI=1S/C21H17BrN2O6S/c1-29-19(26)12-30-16-8-7-13(9-15(16)22)10-17-20(27)24(21(28)31-17)11-18(25)23-14-5-3-2-4-6-14/h2-10H,11-12H2,1H3,(H,23,25)/b17-10+. The van der Waals surface area contributed by atoms with Gasteiger partial charge in [0.05, 0.1) is 16.5 Å². The second-order valence-corrected chi connectivity index (χ2v) is 8.08. The molecule has 0 aromatic heterocycles. The molecule has 2 aromatic rings. The molecule has 1 fully saturated rings. The molecule has 160 valence electrons. The van der Waals surface area contributed by atoms with Gasteiger partial charge in [-0.15, -0.1) is 0 Å². The first-order chi connectivity index (χ1) is 14.9. The number of benzene rings is 2. The van der Waals surface area contributed by atoms with Gasteiger partial charge >= 0.3 is 5.97 Å². The van der Waals surface area contributed by atoms with E-state index < -0.39 is 23.0 Å². The van der Waals surface area contributed by atoms with E-state index in [-0.39, 0.29) is 18.1 Å². The van der Waals surface area contributed by atoms with Crippen LogP contribution in [0.3, 0.4) is 0 Å². The Balaban J connectivity index is 1.66. The zero-order valence-electron chi connectivity index (χ0n) is 16.3. The molecule has 10 heteroatoms. The molecule has 0 saturated carbocycles. The van der Waals surface area contributed by atoms with Gasteiger partial charge in [-0.05, 0) is 63.6 Å². The minimum Gasteiger partial charge on any atom is -0.481 e. The van der Waals surface area contributed by atoms with E-state index in [1.165, 1.54) is 7.11 Å². The van der Waals surface area contributed by atoms with Gasteiger partial charge in [0, 0.05) is 5.69 Å². The lowest BCUT2D eigenvalue weighted by Crippen LogP contribution is -2.36. The Hall–Kier alpha value is -3.11. The van der Waals surface area contributed by atoms with Gasteiger partial charge in [0.2, 0.25) is 5.91 Å². The number of rotatable bonds is 7. The van der Waals surface area contributed by atoms with Crippen molar-refractivity contribution in [2.45, 2.75) is 0 Å². The van der Waals surface area contributed by atoms with Crippen LogP contribution in [-0.4, -0.2) is 48.2 Å². The van der Waals surface area contributed by atoms with Crippen molar-refractivity contribution < 1.29 is 28.7 Å². The van der Waals surface area contributed by atoms with E-state index in [2.05, 4.69) is 26.0 Å². The van der Waals surface area contributed by atoms with Crippen LogP contribution >= 0.6 is 27.7 Å². The summed E-state index contributed by atoms with van der Waals surface area (Å²) in [7, 11) is 1.27.